The summed E-state index contributed by atoms with van der Waals surface area (Å²) in [4.78, 5) is 11.1. The minimum absolute atomic E-state index is 0.224. The van der Waals surface area contributed by atoms with E-state index in [1.165, 1.54) is 44.1 Å². The summed E-state index contributed by atoms with van der Waals surface area (Å²) in [6, 6.07) is 13.2. The van der Waals surface area contributed by atoms with Crippen molar-refractivity contribution in [2.45, 2.75) is 69.6 Å². The Hall–Kier alpha value is -2.77. The first kappa shape index (κ1) is 23.9. The van der Waals surface area contributed by atoms with Crippen molar-refractivity contribution in [1.29, 1.82) is 0 Å². The normalized spacial score (nSPS) is 26.3. The zero-order valence-electron chi connectivity index (χ0n) is 20.5. The second-order valence-electron chi connectivity index (χ2n) is 11.0. The molecule has 4 heteroatoms. The number of ether oxygens (including phenoxy) is 1. The minimum atomic E-state index is -0.922. The summed E-state index contributed by atoms with van der Waals surface area (Å²) in [5.41, 5.74) is 3.67. The van der Waals surface area contributed by atoms with Crippen LogP contribution in [-0.2, 0) is 5.41 Å². The van der Waals surface area contributed by atoms with Gasteiger partial charge >= 0.3 is 5.97 Å². The lowest BCUT2D eigenvalue weighted by atomic mass is 9.48. The zero-order chi connectivity index (χ0) is 24.3. The SMILES string of the molecule is O=C(O)c1ccc(C#Cc2ccc(OCCCCCCO)c(C34CC5CC(CC(C5)C3)C4)c2)cc1. The van der Waals surface area contributed by atoms with E-state index >= 15 is 0 Å². The Morgan fingerprint density at radius 2 is 1.46 bits per heavy atom. The van der Waals surface area contributed by atoms with Gasteiger partial charge in [-0.05, 0) is 123 Å². The smallest absolute Gasteiger partial charge is 0.335 e. The van der Waals surface area contributed by atoms with Crippen LogP contribution in [0.25, 0.3) is 0 Å². The Kier molecular flexibility index (Phi) is 7.16. The number of aliphatic hydroxyl groups excluding tert-OH is 1. The van der Waals surface area contributed by atoms with Crippen LogP contribution >= 0.6 is 0 Å². The predicted molar refractivity (Wildman–Crippen MR) is 137 cm³/mol. The maximum absolute atomic E-state index is 11.1. The molecule has 0 saturated heterocycles. The van der Waals surface area contributed by atoms with Crippen LogP contribution in [0.3, 0.4) is 0 Å². The average Bonchev–Trinajstić information content (AvgIpc) is 2.84. The molecule has 4 nitrogen and oxygen atoms in total. The molecule has 2 aromatic carbocycles. The number of unbranched alkanes of at least 4 members (excludes halogenated alkanes) is 3. The van der Waals surface area contributed by atoms with Gasteiger partial charge in [0.25, 0.3) is 0 Å². The van der Waals surface area contributed by atoms with E-state index in [1.807, 2.05) is 0 Å². The second-order valence-corrected chi connectivity index (χ2v) is 11.0. The highest BCUT2D eigenvalue weighted by Gasteiger charge is 2.52. The van der Waals surface area contributed by atoms with E-state index in [4.69, 9.17) is 14.9 Å². The Morgan fingerprint density at radius 1 is 0.857 bits per heavy atom. The number of hydrogen-bond donors (Lipinski definition) is 2. The summed E-state index contributed by atoms with van der Waals surface area (Å²) in [7, 11) is 0. The second kappa shape index (κ2) is 10.5. The molecule has 4 aliphatic carbocycles. The van der Waals surface area contributed by atoms with E-state index in [-0.39, 0.29) is 17.6 Å². The van der Waals surface area contributed by atoms with Crippen molar-refractivity contribution in [2.75, 3.05) is 13.2 Å². The minimum Gasteiger partial charge on any atom is -0.493 e. The number of benzene rings is 2. The highest BCUT2D eigenvalue weighted by Crippen LogP contribution is 2.62. The number of aromatic carboxylic acids is 1. The number of aliphatic hydroxyl groups is 1. The number of carboxylic acids is 1. The van der Waals surface area contributed by atoms with Crippen molar-refractivity contribution < 1.29 is 19.7 Å². The van der Waals surface area contributed by atoms with Crippen LogP contribution in [0.2, 0.25) is 0 Å². The first-order valence-electron chi connectivity index (χ1n) is 13.3. The van der Waals surface area contributed by atoms with Gasteiger partial charge in [0.1, 0.15) is 5.75 Å². The van der Waals surface area contributed by atoms with Gasteiger partial charge in [-0.15, -0.1) is 0 Å². The molecule has 0 unspecified atom stereocenters. The fraction of sp³-hybridized carbons (Fsp3) is 0.516. The van der Waals surface area contributed by atoms with E-state index in [0.717, 1.165) is 60.3 Å². The number of carboxylic acid groups (broad SMARTS) is 1. The molecule has 0 radical (unpaired) electrons. The summed E-state index contributed by atoms with van der Waals surface area (Å²) in [6.07, 6.45) is 12.1. The highest BCUT2D eigenvalue weighted by atomic mass is 16.5. The van der Waals surface area contributed by atoms with E-state index < -0.39 is 5.97 Å². The molecule has 4 bridgehead atoms. The predicted octanol–water partition coefficient (Wildman–Crippen LogP) is 6.18. The van der Waals surface area contributed by atoms with Crippen molar-refractivity contribution in [1.82, 2.24) is 0 Å². The Morgan fingerprint density at radius 3 is 2.09 bits per heavy atom. The van der Waals surface area contributed by atoms with Crippen LogP contribution in [-0.4, -0.2) is 29.4 Å². The molecule has 2 aromatic rings. The topological polar surface area (TPSA) is 66.8 Å². The van der Waals surface area contributed by atoms with Gasteiger partial charge in [0.15, 0.2) is 0 Å². The van der Waals surface area contributed by atoms with Crippen LogP contribution in [0.15, 0.2) is 42.5 Å². The zero-order valence-corrected chi connectivity index (χ0v) is 20.5. The molecule has 0 amide bonds. The van der Waals surface area contributed by atoms with E-state index in [0.29, 0.717) is 6.61 Å². The Bertz CT molecular complexity index is 1070. The molecule has 0 aliphatic heterocycles. The van der Waals surface area contributed by atoms with Gasteiger partial charge in [-0.3, -0.25) is 0 Å². The van der Waals surface area contributed by atoms with Gasteiger partial charge in [0, 0.05) is 23.3 Å². The quantitative estimate of drug-likeness (QED) is 0.338. The summed E-state index contributed by atoms with van der Waals surface area (Å²) in [6.45, 7) is 0.981. The van der Waals surface area contributed by atoms with Crippen LogP contribution < -0.4 is 4.74 Å². The molecule has 4 aliphatic rings. The van der Waals surface area contributed by atoms with E-state index in [2.05, 4.69) is 30.0 Å². The number of hydrogen-bond acceptors (Lipinski definition) is 3. The van der Waals surface area contributed by atoms with Crippen molar-refractivity contribution in [3.05, 3.63) is 64.7 Å². The summed E-state index contributed by atoms with van der Waals surface area (Å²) >= 11 is 0. The average molecular weight is 473 g/mol. The van der Waals surface area contributed by atoms with Crippen molar-refractivity contribution in [3.63, 3.8) is 0 Å². The maximum atomic E-state index is 11.1. The third-order valence-electron chi connectivity index (χ3n) is 8.38. The highest BCUT2D eigenvalue weighted by molar-refractivity contribution is 5.87. The van der Waals surface area contributed by atoms with E-state index in [1.54, 1.807) is 24.3 Å². The summed E-state index contributed by atoms with van der Waals surface area (Å²) in [5, 5.41) is 18.1. The standard InChI is InChI=1S/C31H36O4/c32-13-3-1-2-4-14-35-29-12-9-23(6-5-22-7-10-27(11-8-22)30(33)34)18-28(29)31-19-24-15-25(20-31)17-26(16-24)21-31/h7-12,18,24-26,32H,1-4,13-17,19-21H2,(H,33,34). The van der Waals surface area contributed by atoms with Gasteiger partial charge in [0.05, 0.1) is 12.2 Å². The molecular weight excluding hydrogens is 436 g/mol. The van der Waals surface area contributed by atoms with E-state index in [9.17, 15) is 4.79 Å². The molecule has 184 valence electrons. The van der Waals surface area contributed by atoms with Gasteiger partial charge in [-0.2, -0.15) is 0 Å². The number of carbonyl (C=O) groups is 1. The Labute approximate surface area is 208 Å². The fourth-order valence-corrected chi connectivity index (χ4v) is 7.18. The number of rotatable bonds is 9. The molecule has 6 rings (SSSR count). The monoisotopic (exact) mass is 472 g/mol. The van der Waals surface area contributed by atoms with Gasteiger partial charge in [0.2, 0.25) is 0 Å². The fourth-order valence-electron chi connectivity index (χ4n) is 7.18. The summed E-state index contributed by atoms with van der Waals surface area (Å²) < 4.78 is 6.39. The molecule has 0 spiro atoms. The Balaban J connectivity index is 1.39. The molecule has 0 aromatic heterocycles. The molecular formula is C31H36O4. The van der Waals surface area contributed by atoms with Crippen molar-refractivity contribution in [3.8, 4) is 17.6 Å². The van der Waals surface area contributed by atoms with Crippen LogP contribution in [0.5, 0.6) is 5.75 Å². The maximum Gasteiger partial charge on any atom is 0.335 e. The molecule has 2 N–H and O–H groups in total. The summed E-state index contributed by atoms with van der Waals surface area (Å²) in [5.74, 6) is 9.22. The molecule has 0 atom stereocenters. The van der Waals surface area contributed by atoms with Crippen molar-refractivity contribution in [2.24, 2.45) is 17.8 Å². The third kappa shape index (κ3) is 5.41. The van der Waals surface area contributed by atoms with Crippen LogP contribution in [0.4, 0.5) is 0 Å². The van der Waals surface area contributed by atoms with Gasteiger partial charge in [-0.1, -0.05) is 18.3 Å². The first-order chi connectivity index (χ1) is 17.0. The van der Waals surface area contributed by atoms with Crippen LogP contribution in [0.1, 0.15) is 91.3 Å². The van der Waals surface area contributed by atoms with Crippen molar-refractivity contribution >= 4 is 5.97 Å². The van der Waals surface area contributed by atoms with Gasteiger partial charge in [-0.25, -0.2) is 4.79 Å². The lowest BCUT2D eigenvalue weighted by Gasteiger charge is -2.57. The lowest BCUT2D eigenvalue weighted by Crippen LogP contribution is -2.48. The van der Waals surface area contributed by atoms with Crippen LogP contribution in [0, 0.1) is 29.6 Å². The molecule has 4 fully saturated rings. The third-order valence-corrected chi connectivity index (χ3v) is 8.38. The first-order valence-corrected chi connectivity index (χ1v) is 13.3. The lowest BCUT2D eigenvalue weighted by molar-refractivity contribution is -0.00641. The van der Waals surface area contributed by atoms with Gasteiger partial charge < -0.3 is 14.9 Å². The largest absolute Gasteiger partial charge is 0.493 e. The molecule has 0 heterocycles. The molecule has 35 heavy (non-hydrogen) atoms. The molecule has 4 saturated carbocycles.